The Labute approximate surface area is 128 Å². The van der Waals surface area contributed by atoms with Crippen LogP contribution in [0.4, 0.5) is 5.69 Å². The molecule has 0 radical (unpaired) electrons. The highest BCUT2D eigenvalue weighted by molar-refractivity contribution is 6.33. The molecule has 1 N–H and O–H groups in total. The van der Waals surface area contributed by atoms with Gasteiger partial charge in [-0.1, -0.05) is 17.7 Å². The number of rotatable bonds is 4. The first kappa shape index (κ1) is 14.2. The van der Waals surface area contributed by atoms with Crippen molar-refractivity contribution in [3.63, 3.8) is 0 Å². The number of hydrogen-bond acceptors (Lipinski definition) is 2. The van der Waals surface area contributed by atoms with Gasteiger partial charge in [0, 0.05) is 17.3 Å². The minimum absolute atomic E-state index is 0.0127. The van der Waals surface area contributed by atoms with Crippen LogP contribution in [-0.4, -0.2) is 18.6 Å². The molecule has 1 aromatic carbocycles. The summed E-state index contributed by atoms with van der Waals surface area (Å²) < 4.78 is 5.61. The predicted molar refractivity (Wildman–Crippen MR) is 80.6 cm³/mol. The standard InChI is InChI=1S/C15H17Cl2NO2/c16-12(4-3-10-2-1-5-20-10)11-6-9-7-15(19)18-14(9)8-13(11)17/h6,8,10,12H,1-5,7H2,(H,18,19). The van der Waals surface area contributed by atoms with E-state index in [1.165, 1.54) is 0 Å². The van der Waals surface area contributed by atoms with Gasteiger partial charge in [-0.2, -0.15) is 0 Å². The predicted octanol–water partition coefficient (Wildman–Crippen LogP) is 4.07. The van der Waals surface area contributed by atoms with Gasteiger partial charge in [0.15, 0.2) is 0 Å². The third-order valence-corrected chi connectivity index (χ3v) is 4.73. The first-order valence-corrected chi connectivity index (χ1v) is 7.83. The second-order valence-electron chi connectivity index (χ2n) is 5.44. The van der Waals surface area contributed by atoms with E-state index in [0.717, 1.165) is 49.1 Å². The summed E-state index contributed by atoms with van der Waals surface area (Å²) in [6.45, 7) is 0.866. The Kier molecular flexibility index (Phi) is 4.20. The maximum absolute atomic E-state index is 11.4. The van der Waals surface area contributed by atoms with Crippen molar-refractivity contribution in [3.05, 3.63) is 28.3 Å². The van der Waals surface area contributed by atoms with Crippen LogP contribution in [-0.2, 0) is 16.0 Å². The van der Waals surface area contributed by atoms with E-state index in [1.807, 2.05) is 6.07 Å². The quantitative estimate of drug-likeness (QED) is 0.851. The first-order valence-electron chi connectivity index (χ1n) is 7.01. The maximum Gasteiger partial charge on any atom is 0.228 e. The highest BCUT2D eigenvalue weighted by Gasteiger charge is 2.23. The van der Waals surface area contributed by atoms with Crippen molar-refractivity contribution in [3.8, 4) is 0 Å². The Morgan fingerprint density at radius 3 is 3.05 bits per heavy atom. The number of halogens is 2. The van der Waals surface area contributed by atoms with Crippen LogP contribution in [0.25, 0.3) is 0 Å². The normalized spacial score (nSPS) is 22.7. The van der Waals surface area contributed by atoms with E-state index >= 15 is 0 Å². The Hall–Kier alpha value is -0.770. The minimum Gasteiger partial charge on any atom is -0.378 e. The van der Waals surface area contributed by atoms with E-state index in [4.69, 9.17) is 27.9 Å². The molecule has 2 aliphatic heterocycles. The molecule has 5 heteroatoms. The Bertz CT molecular complexity index is 527. The zero-order valence-electron chi connectivity index (χ0n) is 11.1. The number of ether oxygens (including phenoxy) is 1. The molecule has 0 aromatic heterocycles. The van der Waals surface area contributed by atoms with Gasteiger partial charge in [0.2, 0.25) is 5.91 Å². The zero-order valence-corrected chi connectivity index (χ0v) is 12.6. The van der Waals surface area contributed by atoms with Crippen LogP contribution >= 0.6 is 23.2 Å². The number of anilines is 1. The van der Waals surface area contributed by atoms with Crippen LogP contribution in [0.3, 0.4) is 0 Å². The molecule has 20 heavy (non-hydrogen) atoms. The van der Waals surface area contributed by atoms with Crippen LogP contribution in [0.15, 0.2) is 12.1 Å². The summed E-state index contributed by atoms with van der Waals surface area (Å²) in [7, 11) is 0. The molecule has 0 bridgehead atoms. The largest absolute Gasteiger partial charge is 0.378 e. The van der Waals surface area contributed by atoms with E-state index in [1.54, 1.807) is 6.07 Å². The minimum atomic E-state index is -0.132. The van der Waals surface area contributed by atoms with Gasteiger partial charge in [-0.05, 0) is 42.9 Å². The van der Waals surface area contributed by atoms with Gasteiger partial charge >= 0.3 is 0 Å². The molecule has 3 rings (SSSR count). The van der Waals surface area contributed by atoms with Crippen molar-refractivity contribution >= 4 is 34.8 Å². The molecule has 1 saturated heterocycles. The summed E-state index contributed by atoms with van der Waals surface area (Å²) in [6, 6.07) is 3.77. The van der Waals surface area contributed by atoms with Gasteiger partial charge < -0.3 is 10.1 Å². The molecule has 0 aliphatic carbocycles. The van der Waals surface area contributed by atoms with Crippen LogP contribution < -0.4 is 5.32 Å². The van der Waals surface area contributed by atoms with Crippen molar-refractivity contribution < 1.29 is 9.53 Å². The van der Waals surface area contributed by atoms with E-state index in [0.29, 0.717) is 17.5 Å². The highest BCUT2D eigenvalue weighted by atomic mass is 35.5. The van der Waals surface area contributed by atoms with Crippen LogP contribution in [0.5, 0.6) is 0 Å². The smallest absolute Gasteiger partial charge is 0.228 e. The van der Waals surface area contributed by atoms with Gasteiger partial charge in [-0.25, -0.2) is 0 Å². The summed E-state index contributed by atoms with van der Waals surface area (Å²) in [5.74, 6) is 0.0127. The number of amides is 1. The number of alkyl halides is 1. The fraction of sp³-hybridized carbons (Fsp3) is 0.533. The van der Waals surface area contributed by atoms with Crippen molar-refractivity contribution in [2.75, 3.05) is 11.9 Å². The van der Waals surface area contributed by atoms with Crippen molar-refractivity contribution in [1.29, 1.82) is 0 Å². The molecule has 2 aliphatic rings. The molecule has 1 fully saturated rings. The number of benzene rings is 1. The molecule has 2 atom stereocenters. The molecule has 0 saturated carbocycles. The molecule has 2 unspecified atom stereocenters. The summed E-state index contributed by atoms with van der Waals surface area (Å²) in [4.78, 5) is 11.4. The fourth-order valence-electron chi connectivity index (χ4n) is 2.87. The van der Waals surface area contributed by atoms with Crippen LogP contribution in [0, 0.1) is 0 Å². The third-order valence-electron chi connectivity index (χ3n) is 3.95. The molecule has 0 spiro atoms. The van der Waals surface area contributed by atoms with Gasteiger partial charge in [0.25, 0.3) is 0 Å². The third kappa shape index (κ3) is 2.95. The molecule has 108 valence electrons. The number of fused-ring (bicyclic) bond motifs is 1. The summed E-state index contributed by atoms with van der Waals surface area (Å²) >= 11 is 12.8. The summed E-state index contributed by atoms with van der Waals surface area (Å²) in [6.07, 6.45) is 4.82. The van der Waals surface area contributed by atoms with Gasteiger partial charge in [-0.15, -0.1) is 11.6 Å². The lowest BCUT2D eigenvalue weighted by atomic mass is 10.0. The van der Waals surface area contributed by atoms with Crippen molar-refractivity contribution in [2.45, 2.75) is 43.6 Å². The van der Waals surface area contributed by atoms with Gasteiger partial charge in [0.05, 0.1) is 17.9 Å². The lowest BCUT2D eigenvalue weighted by Gasteiger charge is -2.15. The zero-order chi connectivity index (χ0) is 14.1. The number of carbonyl (C=O) groups excluding carboxylic acids is 1. The fourth-order valence-corrected chi connectivity index (χ4v) is 3.52. The monoisotopic (exact) mass is 313 g/mol. The summed E-state index contributed by atoms with van der Waals surface area (Å²) in [5, 5.41) is 3.29. The maximum atomic E-state index is 11.4. The molecule has 3 nitrogen and oxygen atoms in total. The topological polar surface area (TPSA) is 38.3 Å². The summed E-state index contributed by atoms with van der Waals surface area (Å²) in [5.41, 5.74) is 2.71. The van der Waals surface area contributed by atoms with Gasteiger partial charge in [-0.3, -0.25) is 4.79 Å². The van der Waals surface area contributed by atoms with E-state index < -0.39 is 0 Å². The average molecular weight is 314 g/mol. The lowest BCUT2D eigenvalue weighted by Crippen LogP contribution is -2.06. The molecular weight excluding hydrogens is 297 g/mol. The number of hydrogen-bond donors (Lipinski definition) is 1. The molecule has 2 heterocycles. The van der Waals surface area contributed by atoms with E-state index in [2.05, 4.69) is 5.32 Å². The second kappa shape index (κ2) is 5.92. The molecular formula is C15H17Cl2NO2. The molecule has 1 aromatic rings. The highest BCUT2D eigenvalue weighted by Crippen LogP contribution is 2.37. The average Bonchev–Trinajstić information content (AvgIpc) is 3.03. The Morgan fingerprint density at radius 2 is 2.30 bits per heavy atom. The van der Waals surface area contributed by atoms with E-state index in [9.17, 15) is 4.79 Å². The number of carbonyl (C=O) groups is 1. The second-order valence-corrected chi connectivity index (χ2v) is 6.37. The Morgan fingerprint density at radius 1 is 1.45 bits per heavy atom. The molecule has 1 amide bonds. The SMILES string of the molecule is O=C1Cc2cc(C(Cl)CCC3CCCO3)c(Cl)cc2N1. The van der Waals surface area contributed by atoms with Crippen molar-refractivity contribution in [2.24, 2.45) is 0 Å². The number of nitrogens with one attached hydrogen (secondary N) is 1. The van der Waals surface area contributed by atoms with Crippen LogP contribution in [0.2, 0.25) is 5.02 Å². The lowest BCUT2D eigenvalue weighted by molar-refractivity contribution is -0.115. The van der Waals surface area contributed by atoms with Crippen molar-refractivity contribution in [1.82, 2.24) is 0 Å². The van der Waals surface area contributed by atoms with Gasteiger partial charge in [0.1, 0.15) is 0 Å². The van der Waals surface area contributed by atoms with E-state index in [-0.39, 0.29) is 11.3 Å². The Balaban J connectivity index is 1.69. The van der Waals surface area contributed by atoms with Crippen LogP contribution in [0.1, 0.15) is 42.2 Å². The first-order chi connectivity index (χ1) is 9.63.